The third-order valence-corrected chi connectivity index (χ3v) is 4.86. The molecule has 0 bridgehead atoms. The predicted molar refractivity (Wildman–Crippen MR) is 90.1 cm³/mol. The first-order valence-corrected chi connectivity index (χ1v) is 8.64. The van der Waals surface area contributed by atoms with Gasteiger partial charge in [-0.05, 0) is 61.1 Å². The summed E-state index contributed by atoms with van der Waals surface area (Å²) in [6.07, 6.45) is -2.78. The van der Waals surface area contributed by atoms with Gasteiger partial charge in [-0.2, -0.15) is 13.2 Å². The van der Waals surface area contributed by atoms with Crippen molar-refractivity contribution in [3.63, 3.8) is 0 Å². The van der Waals surface area contributed by atoms with E-state index >= 15 is 0 Å². The van der Waals surface area contributed by atoms with Gasteiger partial charge in [-0.1, -0.05) is 12.1 Å². The number of alkyl halides is 3. The van der Waals surface area contributed by atoms with E-state index in [9.17, 15) is 26.7 Å². The van der Waals surface area contributed by atoms with Crippen molar-refractivity contribution >= 4 is 5.91 Å². The first-order chi connectivity index (χ1) is 12.7. The number of carbonyl (C=O) groups is 1. The third-order valence-electron chi connectivity index (χ3n) is 4.86. The Morgan fingerprint density at radius 2 is 1.56 bits per heavy atom. The summed E-state index contributed by atoms with van der Waals surface area (Å²) in [7, 11) is 0. The average Bonchev–Trinajstić information content (AvgIpc) is 2.63. The minimum absolute atomic E-state index is 0.273. The van der Waals surface area contributed by atoms with Crippen LogP contribution in [0.2, 0.25) is 0 Å². The van der Waals surface area contributed by atoms with Crippen LogP contribution in [-0.2, 0) is 12.6 Å². The van der Waals surface area contributed by atoms with Crippen LogP contribution in [0, 0.1) is 17.6 Å². The Kier molecular flexibility index (Phi) is 5.48. The minimum atomic E-state index is -4.80. The Morgan fingerprint density at radius 3 is 2.15 bits per heavy atom. The summed E-state index contributed by atoms with van der Waals surface area (Å²) >= 11 is 0. The fourth-order valence-electron chi connectivity index (χ4n) is 3.40. The Hall–Kier alpha value is -2.44. The summed E-state index contributed by atoms with van der Waals surface area (Å²) in [5.41, 5.74) is -0.791. The van der Waals surface area contributed by atoms with Crippen LogP contribution < -0.4 is 0 Å². The van der Waals surface area contributed by atoms with Gasteiger partial charge >= 0.3 is 6.18 Å². The van der Waals surface area contributed by atoms with E-state index in [2.05, 4.69) is 0 Å². The van der Waals surface area contributed by atoms with Crippen LogP contribution in [0.4, 0.5) is 22.0 Å². The maximum absolute atomic E-state index is 13.2. The summed E-state index contributed by atoms with van der Waals surface area (Å²) in [5.74, 6) is -1.80. The van der Waals surface area contributed by atoms with E-state index in [1.54, 1.807) is 12.1 Å². The van der Waals surface area contributed by atoms with E-state index in [1.165, 1.54) is 17.0 Å². The Labute approximate surface area is 153 Å². The number of hydrogen-bond donors (Lipinski definition) is 0. The molecule has 1 fully saturated rings. The van der Waals surface area contributed by atoms with Gasteiger partial charge in [0.2, 0.25) is 0 Å². The highest BCUT2D eigenvalue weighted by molar-refractivity contribution is 5.96. The summed E-state index contributed by atoms with van der Waals surface area (Å²) < 4.78 is 65.6. The van der Waals surface area contributed by atoms with Crippen LogP contribution in [0.25, 0.3) is 0 Å². The van der Waals surface area contributed by atoms with Gasteiger partial charge < -0.3 is 4.90 Å². The molecule has 3 rings (SSSR count). The van der Waals surface area contributed by atoms with Crippen molar-refractivity contribution in [2.75, 3.05) is 13.1 Å². The van der Waals surface area contributed by atoms with Crippen molar-refractivity contribution in [1.29, 1.82) is 0 Å². The fraction of sp³-hybridized carbons (Fsp3) is 0.350. The lowest BCUT2D eigenvalue weighted by Gasteiger charge is -2.32. The standard InChI is InChI=1S/C20H18F5NO/c21-15-3-1-13(2-4-15)11-14-7-9-26(10-8-14)19(27)17-6-5-16(22)12-18(17)20(23,24)25/h1-6,12,14H,7-11H2. The molecule has 0 unspecified atom stereocenters. The topological polar surface area (TPSA) is 20.3 Å². The highest BCUT2D eigenvalue weighted by Crippen LogP contribution is 2.34. The number of likely N-dealkylation sites (tertiary alicyclic amines) is 1. The van der Waals surface area contributed by atoms with E-state index in [4.69, 9.17) is 0 Å². The van der Waals surface area contributed by atoms with Gasteiger partial charge in [-0.25, -0.2) is 8.78 Å². The number of halogens is 5. The molecule has 0 spiro atoms. The molecule has 2 aromatic rings. The molecule has 0 radical (unpaired) electrons. The van der Waals surface area contributed by atoms with Crippen molar-refractivity contribution in [2.24, 2.45) is 5.92 Å². The van der Waals surface area contributed by atoms with Crippen LogP contribution in [0.1, 0.15) is 34.3 Å². The van der Waals surface area contributed by atoms with Gasteiger partial charge in [0.1, 0.15) is 11.6 Å². The zero-order valence-corrected chi connectivity index (χ0v) is 14.4. The second-order valence-corrected chi connectivity index (χ2v) is 6.75. The molecule has 27 heavy (non-hydrogen) atoms. The fourth-order valence-corrected chi connectivity index (χ4v) is 3.40. The van der Waals surface area contributed by atoms with Crippen LogP contribution in [0.15, 0.2) is 42.5 Å². The summed E-state index contributed by atoms with van der Waals surface area (Å²) in [4.78, 5) is 13.9. The summed E-state index contributed by atoms with van der Waals surface area (Å²) in [5, 5.41) is 0. The molecule has 0 saturated carbocycles. The van der Waals surface area contributed by atoms with Gasteiger partial charge in [-0.3, -0.25) is 4.79 Å². The van der Waals surface area contributed by atoms with Gasteiger partial charge in [0.15, 0.2) is 0 Å². The number of carbonyl (C=O) groups excluding carboxylic acids is 1. The van der Waals surface area contributed by atoms with Gasteiger partial charge in [0.25, 0.3) is 5.91 Å². The van der Waals surface area contributed by atoms with Crippen LogP contribution in [0.5, 0.6) is 0 Å². The molecule has 1 aliphatic heterocycles. The molecule has 144 valence electrons. The normalized spacial score (nSPS) is 15.8. The molecule has 2 nitrogen and oxygen atoms in total. The number of benzene rings is 2. The van der Waals surface area contributed by atoms with Crippen LogP contribution in [-0.4, -0.2) is 23.9 Å². The quantitative estimate of drug-likeness (QED) is 0.677. The van der Waals surface area contributed by atoms with E-state index in [0.29, 0.717) is 32.0 Å². The van der Waals surface area contributed by atoms with Crippen molar-refractivity contribution in [3.8, 4) is 0 Å². The number of nitrogens with zero attached hydrogens (tertiary/aromatic N) is 1. The Balaban J connectivity index is 1.66. The minimum Gasteiger partial charge on any atom is -0.339 e. The zero-order chi connectivity index (χ0) is 19.6. The molecule has 1 saturated heterocycles. The SMILES string of the molecule is O=C(c1ccc(F)cc1C(F)(F)F)N1CCC(Cc2ccc(F)cc2)CC1. The average molecular weight is 383 g/mol. The van der Waals surface area contributed by atoms with Crippen LogP contribution >= 0.6 is 0 Å². The number of rotatable bonds is 3. The van der Waals surface area contributed by atoms with Crippen LogP contribution in [0.3, 0.4) is 0 Å². The van der Waals surface area contributed by atoms with Crippen molar-refractivity contribution in [1.82, 2.24) is 4.90 Å². The highest BCUT2D eigenvalue weighted by Gasteiger charge is 2.37. The van der Waals surface area contributed by atoms with Gasteiger partial charge in [-0.15, -0.1) is 0 Å². The number of hydrogen-bond acceptors (Lipinski definition) is 1. The van der Waals surface area contributed by atoms with E-state index in [0.717, 1.165) is 24.1 Å². The van der Waals surface area contributed by atoms with Crippen molar-refractivity contribution in [3.05, 3.63) is 70.8 Å². The largest absolute Gasteiger partial charge is 0.417 e. The van der Waals surface area contributed by atoms with E-state index in [-0.39, 0.29) is 11.7 Å². The maximum atomic E-state index is 13.2. The smallest absolute Gasteiger partial charge is 0.339 e. The third kappa shape index (κ3) is 4.64. The van der Waals surface area contributed by atoms with E-state index in [1.807, 2.05) is 0 Å². The second kappa shape index (κ2) is 7.66. The number of piperidine rings is 1. The molecule has 1 heterocycles. The Bertz CT molecular complexity index is 808. The first kappa shape index (κ1) is 19.3. The number of amides is 1. The van der Waals surface area contributed by atoms with Crippen molar-refractivity contribution in [2.45, 2.75) is 25.4 Å². The molecule has 2 aromatic carbocycles. The zero-order valence-electron chi connectivity index (χ0n) is 14.4. The molecule has 0 atom stereocenters. The molecule has 0 N–H and O–H groups in total. The molecule has 0 aromatic heterocycles. The molecule has 1 aliphatic rings. The highest BCUT2D eigenvalue weighted by atomic mass is 19.4. The molecular weight excluding hydrogens is 365 g/mol. The first-order valence-electron chi connectivity index (χ1n) is 8.64. The lowest BCUT2D eigenvalue weighted by Crippen LogP contribution is -2.39. The van der Waals surface area contributed by atoms with E-state index < -0.39 is 29.0 Å². The van der Waals surface area contributed by atoms with Gasteiger partial charge in [0.05, 0.1) is 11.1 Å². The predicted octanol–water partition coefficient (Wildman–Crippen LogP) is 5.08. The Morgan fingerprint density at radius 1 is 0.963 bits per heavy atom. The molecule has 1 amide bonds. The monoisotopic (exact) mass is 383 g/mol. The lowest BCUT2D eigenvalue weighted by atomic mass is 9.90. The molecular formula is C20H18F5NO. The maximum Gasteiger partial charge on any atom is 0.417 e. The van der Waals surface area contributed by atoms with Crippen molar-refractivity contribution < 1.29 is 26.7 Å². The molecule has 7 heteroatoms. The second-order valence-electron chi connectivity index (χ2n) is 6.75. The summed E-state index contributed by atoms with van der Waals surface area (Å²) in [6.45, 7) is 0.665. The molecule has 0 aliphatic carbocycles. The lowest BCUT2D eigenvalue weighted by molar-refractivity contribution is -0.138. The van der Waals surface area contributed by atoms with Gasteiger partial charge in [0, 0.05) is 13.1 Å². The summed E-state index contributed by atoms with van der Waals surface area (Å²) in [6, 6.07) is 8.31.